The SMILES string of the molecule is CC(C)[C@@H]1CC[C@@]2(C)C[C@@H]1[C@]2(O)CCC#C[Si](C)(C)C. The van der Waals surface area contributed by atoms with Gasteiger partial charge in [0.15, 0.2) is 0 Å². The van der Waals surface area contributed by atoms with Crippen LogP contribution in [-0.2, 0) is 0 Å². The van der Waals surface area contributed by atoms with Crippen molar-refractivity contribution in [1.29, 1.82) is 0 Å². The monoisotopic (exact) mass is 292 g/mol. The Morgan fingerprint density at radius 2 is 1.95 bits per heavy atom. The van der Waals surface area contributed by atoms with Gasteiger partial charge in [-0.3, -0.25) is 0 Å². The van der Waals surface area contributed by atoms with Gasteiger partial charge >= 0.3 is 0 Å². The summed E-state index contributed by atoms with van der Waals surface area (Å²) in [6.07, 6.45) is 5.49. The third-order valence-corrected chi connectivity index (χ3v) is 6.75. The normalized spacial score (nSPS) is 40.0. The van der Waals surface area contributed by atoms with Crippen LogP contribution in [0.25, 0.3) is 0 Å². The zero-order chi connectivity index (χ0) is 15.2. The molecule has 0 heterocycles. The molecule has 0 aliphatic heterocycles. The fourth-order valence-corrected chi connectivity index (χ4v) is 5.18. The maximum Gasteiger partial charge on any atom is 0.129 e. The van der Waals surface area contributed by atoms with E-state index in [4.69, 9.17) is 0 Å². The lowest BCUT2D eigenvalue weighted by molar-refractivity contribution is -0.263. The molecular weight excluding hydrogens is 260 g/mol. The van der Waals surface area contributed by atoms with Gasteiger partial charge in [0, 0.05) is 6.42 Å². The lowest BCUT2D eigenvalue weighted by Crippen LogP contribution is -2.68. The molecule has 0 aromatic carbocycles. The molecule has 0 amide bonds. The first kappa shape index (κ1) is 16.1. The van der Waals surface area contributed by atoms with Crippen LogP contribution in [-0.4, -0.2) is 18.8 Å². The Morgan fingerprint density at radius 3 is 2.45 bits per heavy atom. The van der Waals surface area contributed by atoms with Crippen LogP contribution in [0.2, 0.25) is 19.6 Å². The van der Waals surface area contributed by atoms with Gasteiger partial charge < -0.3 is 5.11 Å². The summed E-state index contributed by atoms with van der Waals surface area (Å²) in [4.78, 5) is 0. The maximum atomic E-state index is 11.2. The van der Waals surface area contributed by atoms with Crippen molar-refractivity contribution in [2.24, 2.45) is 23.2 Å². The van der Waals surface area contributed by atoms with E-state index < -0.39 is 13.7 Å². The second-order valence-corrected chi connectivity index (χ2v) is 13.5. The quantitative estimate of drug-likeness (QED) is 0.601. The van der Waals surface area contributed by atoms with Gasteiger partial charge in [0.2, 0.25) is 0 Å². The van der Waals surface area contributed by atoms with Gasteiger partial charge in [-0.15, -0.1) is 11.5 Å². The highest BCUT2D eigenvalue weighted by Crippen LogP contribution is 2.66. The highest BCUT2D eigenvalue weighted by Gasteiger charge is 2.66. The van der Waals surface area contributed by atoms with Crippen LogP contribution in [0, 0.1) is 34.6 Å². The average molecular weight is 293 g/mol. The topological polar surface area (TPSA) is 20.2 Å². The molecule has 2 bridgehead atoms. The Kier molecular flexibility index (Phi) is 4.17. The van der Waals surface area contributed by atoms with E-state index in [2.05, 4.69) is 51.9 Å². The highest BCUT2D eigenvalue weighted by molar-refractivity contribution is 6.83. The van der Waals surface area contributed by atoms with Crippen LogP contribution in [0.5, 0.6) is 0 Å². The number of fused-ring (bicyclic) bond motifs is 2. The molecule has 20 heavy (non-hydrogen) atoms. The van der Waals surface area contributed by atoms with Gasteiger partial charge in [-0.1, -0.05) is 40.4 Å². The first-order chi connectivity index (χ1) is 9.09. The molecule has 1 N–H and O–H groups in total. The third kappa shape index (κ3) is 2.72. The summed E-state index contributed by atoms with van der Waals surface area (Å²) in [5, 5.41) is 11.2. The van der Waals surface area contributed by atoms with E-state index in [1.807, 2.05) is 0 Å². The standard InChI is InChI=1S/C18H32OSi/c1-14(2)15-9-11-17(3)13-16(15)18(17,19)10-7-8-12-20(4,5)6/h14-16,19H,7,9-11,13H2,1-6H3/t15-,16-,17-,18+/m0/s1. The summed E-state index contributed by atoms with van der Waals surface area (Å²) in [6, 6.07) is 0. The van der Waals surface area contributed by atoms with E-state index in [0.29, 0.717) is 17.8 Å². The summed E-state index contributed by atoms with van der Waals surface area (Å²) in [5.41, 5.74) is 3.17. The highest BCUT2D eigenvalue weighted by atomic mass is 28.3. The molecule has 0 spiro atoms. The smallest absolute Gasteiger partial charge is 0.129 e. The molecule has 0 aromatic heterocycles. The van der Waals surface area contributed by atoms with Crippen LogP contribution >= 0.6 is 0 Å². The molecule has 3 fully saturated rings. The largest absolute Gasteiger partial charge is 0.389 e. The van der Waals surface area contributed by atoms with Crippen LogP contribution in [0.1, 0.15) is 52.9 Å². The van der Waals surface area contributed by atoms with E-state index in [-0.39, 0.29) is 5.41 Å². The molecular formula is C18H32OSi. The Labute approximate surface area is 126 Å². The zero-order valence-corrected chi connectivity index (χ0v) is 15.2. The van der Waals surface area contributed by atoms with Crippen molar-refractivity contribution < 1.29 is 5.11 Å². The molecule has 114 valence electrons. The molecule has 3 rings (SSSR count). The molecule has 1 nitrogen and oxygen atoms in total. The van der Waals surface area contributed by atoms with Gasteiger partial charge in [0.25, 0.3) is 0 Å². The Balaban J connectivity index is 2.03. The first-order valence-electron chi connectivity index (χ1n) is 8.31. The van der Waals surface area contributed by atoms with Gasteiger partial charge in [-0.05, 0) is 48.9 Å². The Morgan fingerprint density at radius 1 is 1.30 bits per heavy atom. The predicted molar refractivity (Wildman–Crippen MR) is 89.1 cm³/mol. The van der Waals surface area contributed by atoms with Crippen LogP contribution in [0.15, 0.2) is 0 Å². The molecule has 3 aliphatic rings. The van der Waals surface area contributed by atoms with Crippen LogP contribution in [0.4, 0.5) is 0 Å². The zero-order valence-electron chi connectivity index (χ0n) is 14.2. The minimum Gasteiger partial charge on any atom is -0.389 e. The van der Waals surface area contributed by atoms with Crippen molar-refractivity contribution in [3.8, 4) is 11.5 Å². The summed E-state index contributed by atoms with van der Waals surface area (Å²) in [6.45, 7) is 13.8. The fraction of sp³-hybridized carbons (Fsp3) is 0.889. The summed E-state index contributed by atoms with van der Waals surface area (Å²) in [7, 11) is -1.27. The van der Waals surface area contributed by atoms with Gasteiger partial charge in [-0.2, -0.15) is 0 Å². The van der Waals surface area contributed by atoms with Crippen molar-refractivity contribution in [3.05, 3.63) is 0 Å². The lowest BCUT2D eigenvalue weighted by Gasteiger charge is -2.67. The summed E-state index contributed by atoms with van der Waals surface area (Å²) < 4.78 is 0. The molecule has 3 saturated carbocycles. The molecule has 0 unspecified atom stereocenters. The van der Waals surface area contributed by atoms with Crippen molar-refractivity contribution in [1.82, 2.24) is 0 Å². The number of hydrogen-bond acceptors (Lipinski definition) is 1. The van der Waals surface area contributed by atoms with E-state index in [9.17, 15) is 5.11 Å². The van der Waals surface area contributed by atoms with Crippen LogP contribution < -0.4 is 0 Å². The minimum atomic E-state index is -1.27. The van der Waals surface area contributed by atoms with E-state index in [0.717, 1.165) is 12.8 Å². The second-order valence-electron chi connectivity index (χ2n) is 8.79. The van der Waals surface area contributed by atoms with Crippen LogP contribution in [0.3, 0.4) is 0 Å². The maximum absolute atomic E-state index is 11.2. The molecule has 0 saturated heterocycles. The third-order valence-electron chi connectivity index (χ3n) is 5.83. The van der Waals surface area contributed by atoms with Crippen molar-refractivity contribution >= 4 is 8.07 Å². The van der Waals surface area contributed by atoms with Crippen molar-refractivity contribution in [3.63, 3.8) is 0 Å². The Bertz CT molecular complexity index is 421. The van der Waals surface area contributed by atoms with E-state index >= 15 is 0 Å². The first-order valence-corrected chi connectivity index (χ1v) is 11.8. The number of rotatable bonds is 3. The fourth-order valence-electron chi connectivity index (χ4n) is 4.52. The van der Waals surface area contributed by atoms with Crippen molar-refractivity contribution in [2.75, 3.05) is 0 Å². The summed E-state index contributed by atoms with van der Waals surface area (Å²) >= 11 is 0. The number of aliphatic hydroxyl groups is 1. The second kappa shape index (κ2) is 5.18. The molecule has 4 atom stereocenters. The molecule has 0 radical (unpaired) electrons. The molecule has 2 heteroatoms. The molecule has 0 aromatic rings. The van der Waals surface area contributed by atoms with Gasteiger partial charge in [0.1, 0.15) is 8.07 Å². The van der Waals surface area contributed by atoms with Crippen molar-refractivity contribution in [2.45, 2.75) is 78.1 Å². The number of hydrogen-bond donors (Lipinski definition) is 1. The lowest BCUT2D eigenvalue weighted by atomic mass is 9.40. The van der Waals surface area contributed by atoms with E-state index in [1.54, 1.807) is 0 Å². The van der Waals surface area contributed by atoms with Gasteiger partial charge in [-0.25, -0.2) is 0 Å². The van der Waals surface area contributed by atoms with Gasteiger partial charge in [0.05, 0.1) is 5.60 Å². The van der Waals surface area contributed by atoms with E-state index in [1.165, 1.54) is 19.3 Å². The predicted octanol–water partition coefficient (Wildman–Crippen LogP) is 4.47. The summed E-state index contributed by atoms with van der Waals surface area (Å²) in [5.74, 6) is 5.29. The minimum absolute atomic E-state index is 0.171. The average Bonchev–Trinajstić information content (AvgIpc) is 2.32. The molecule has 3 aliphatic carbocycles. The Hall–Kier alpha value is -0.263.